The largest absolute Gasteiger partial charge is 0.482 e. The van der Waals surface area contributed by atoms with Crippen LogP contribution in [0.4, 0.5) is 0 Å². The van der Waals surface area contributed by atoms with Crippen LogP contribution in [0.5, 0.6) is 11.5 Å². The Kier molecular flexibility index (Phi) is 7.45. The molecule has 10 heteroatoms. The lowest BCUT2D eigenvalue weighted by atomic mass is 9.87. The fourth-order valence-electron chi connectivity index (χ4n) is 5.74. The van der Waals surface area contributed by atoms with Crippen LogP contribution < -0.4 is 14.8 Å². The molecule has 2 N–H and O–H groups in total. The van der Waals surface area contributed by atoms with Gasteiger partial charge >= 0.3 is 5.97 Å². The minimum atomic E-state index is -0.523. The molecule has 0 aliphatic heterocycles. The van der Waals surface area contributed by atoms with E-state index in [4.69, 9.17) is 21.1 Å². The molecule has 1 aliphatic carbocycles. The summed E-state index contributed by atoms with van der Waals surface area (Å²) in [7, 11) is 0. The number of ether oxygens (including phenoxy) is 2. The number of hydrogen-bond acceptors (Lipinski definition) is 6. The zero-order valence-corrected chi connectivity index (χ0v) is 24.4. The van der Waals surface area contributed by atoms with Gasteiger partial charge in [-0.2, -0.15) is 0 Å². The number of esters is 1. The standard InChI is InChI=1S/C34H28ClN5O4/c35-27-13-12-24(43-20-33(41)44-32-10-4-8-28-26(32)15-16-36-28)17-23(27)19-40-31-14-11-22(18-30(31)38-39-40)34(42)37-29-9-3-6-21-5-1-2-7-25(21)29/h1-2,4-5,7-8,10-18,29,36H,3,6,9,19-20H2,(H,37,42). The summed E-state index contributed by atoms with van der Waals surface area (Å²) < 4.78 is 13.0. The van der Waals surface area contributed by atoms with E-state index in [0.29, 0.717) is 34.1 Å². The van der Waals surface area contributed by atoms with Crippen molar-refractivity contribution in [1.82, 2.24) is 25.3 Å². The lowest BCUT2D eigenvalue weighted by Crippen LogP contribution is -2.30. The molecule has 7 rings (SSSR count). The Morgan fingerprint density at radius 3 is 2.86 bits per heavy atom. The van der Waals surface area contributed by atoms with Gasteiger partial charge in [0.05, 0.1) is 18.1 Å². The van der Waals surface area contributed by atoms with Crippen molar-refractivity contribution >= 4 is 45.4 Å². The van der Waals surface area contributed by atoms with E-state index in [9.17, 15) is 9.59 Å². The molecule has 0 spiro atoms. The molecule has 0 bridgehead atoms. The van der Waals surface area contributed by atoms with Crippen molar-refractivity contribution in [1.29, 1.82) is 0 Å². The molecule has 4 aromatic carbocycles. The van der Waals surface area contributed by atoms with Crippen molar-refractivity contribution in [2.75, 3.05) is 6.61 Å². The van der Waals surface area contributed by atoms with Gasteiger partial charge in [-0.1, -0.05) is 47.1 Å². The minimum absolute atomic E-state index is 0.00850. The molecule has 44 heavy (non-hydrogen) atoms. The average Bonchev–Trinajstić information content (AvgIpc) is 3.69. The molecule has 220 valence electrons. The minimum Gasteiger partial charge on any atom is -0.482 e. The van der Waals surface area contributed by atoms with Crippen molar-refractivity contribution in [2.45, 2.75) is 31.8 Å². The second kappa shape index (κ2) is 11.9. The number of fused-ring (bicyclic) bond motifs is 3. The van der Waals surface area contributed by atoms with Crippen LogP contribution in [-0.4, -0.2) is 38.5 Å². The van der Waals surface area contributed by atoms with Crippen molar-refractivity contribution in [3.63, 3.8) is 0 Å². The molecular formula is C34H28ClN5O4. The Bertz CT molecular complexity index is 2020. The van der Waals surface area contributed by atoms with Gasteiger partial charge in [0.2, 0.25) is 0 Å². The molecular weight excluding hydrogens is 578 g/mol. The van der Waals surface area contributed by atoms with Crippen LogP contribution in [0.2, 0.25) is 5.02 Å². The van der Waals surface area contributed by atoms with Gasteiger partial charge in [0.1, 0.15) is 17.0 Å². The third-order valence-corrected chi connectivity index (χ3v) is 8.29. The Hall–Kier alpha value is -5.15. The first-order chi connectivity index (χ1) is 21.5. The molecule has 1 aliphatic rings. The Balaban J connectivity index is 1.02. The second-order valence-corrected chi connectivity index (χ2v) is 11.2. The molecule has 0 radical (unpaired) electrons. The van der Waals surface area contributed by atoms with E-state index in [1.807, 2.05) is 36.4 Å². The molecule has 2 heterocycles. The van der Waals surface area contributed by atoms with Gasteiger partial charge in [0.25, 0.3) is 5.91 Å². The molecule has 9 nitrogen and oxygen atoms in total. The molecule has 2 aromatic heterocycles. The number of amides is 1. The van der Waals surface area contributed by atoms with E-state index in [0.717, 1.165) is 41.2 Å². The van der Waals surface area contributed by atoms with Crippen LogP contribution in [0.25, 0.3) is 21.9 Å². The summed E-state index contributed by atoms with van der Waals surface area (Å²) in [6, 6.07) is 26.1. The number of nitrogens with zero attached hydrogens (tertiary/aromatic N) is 3. The van der Waals surface area contributed by atoms with Crippen molar-refractivity contribution < 1.29 is 19.1 Å². The lowest BCUT2D eigenvalue weighted by Gasteiger charge is -2.26. The van der Waals surface area contributed by atoms with Crippen LogP contribution in [0.15, 0.2) is 91.1 Å². The summed E-state index contributed by atoms with van der Waals surface area (Å²) >= 11 is 6.51. The maximum Gasteiger partial charge on any atom is 0.349 e. The first-order valence-electron chi connectivity index (χ1n) is 14.4. The number of benzene rings is 4. The smallest absolute Gasteiger partial charge is 0.349 e. The normalized spacial score (nSPS) is 14.3. The van der Waals surface area contributed by atoms with Gasteiger partial charge in [-0.15, -0.1) is 5.10 Å². The Morgan fingerprint density at radius 1 is 1.02 bits per heavy atom. The maximum atomic E-state index is 13.2. The fourth-order valence-corrected chi connectivity index (χ4v) is 5.92. The monoisotopic (exact) mass is 605 g/mol. The summed E-state index contributed by atoms with van der Waals surface area (Å²) in [5, 5.41) is 13.1. The summed E-state index contributed by atoms with van der Waals surface area (Å²) in [6.07, 6.45) is 4.78. The van der Waals surface area contributed by atoms with E-state index < -0.39 is 5.97 Å². The molecule has 0 fully saturated rings. The second-order valence-electron chi connectivity index (χ2n) is 10.8. The number of carbonyl (C=O) groups is 2. The molecule has 0 saturated carbocycles. The number of rotatable bonds is 8. The van der Waals surface area contributed by atoms with Gasteiger partial charge < -0.3 is 19.8 Å². The third kappa shape index (κ3) is 5.61. The number of aromatic amines is 1. The van der Waals surface area contributed by atoms with Gasteiger partial charge in [-0.25, -0.2) is 9.48 Å². The average molecular weight is 606 g/mol. The van der Waals surface area contributed by atoms with E-state index >= 15 is 0 Å². The van der Waals surface area contributed by atoms with Crippen LogP contribution in [0.1, 0.15) is 45.9 Å². The summed E-state index contributed by atoms with van der Waals surface area (Å²) in [5.74, 6) is 0.269. The zero-order valence-electron chi connectivity index (χ0n) is 23.6. The number of aryl methyl sites for hydroxylation is 1. The predicted octanol–water partition coefficient (Wildman–Crippen LogP) is 6.41. The highest BCUT2D eigenvalue weighted by molar-refractivity contribution is 6.31. The van der Waals surface area contributed by atoms with Crippen LogP contribution >= 0.6 is 11.6 Å². The van der Waals surface area contributed by atoms with Crippen LogP contribution in [-0.2, 0) is 17.8 Å². The highest BCUT2D eigenvalue weighted by Gasteiger charge is 2.22. The first kappa shape index (κ1) is 27.7. The number of halogens is 1. The zero-order chi connectivity index (χ0) is 30.0. The summed E-state index contributed by atoms with van der Waals surface area (Å²) in [5.41, 5.74) is 5.98. The molecule has 1 amide bonds. The van der Waals surface area contributed by atoms with Gasteiger partial charge in [-0.3, -0.25) is 4.79 Å². The van der Waals surface area contributed by atoms with E-state index in [-0.39, 0.29) is 18.6 Å². The predicted molar refractivity (Wildman–Crippen MR) is 167 cm³/mol. The van der Waals surface area contributed by atoms with Crippen LogP contribution in [0, 0.1) is 0 Å². The number of aromatic nitrogens is 4. The number of carbonyl (C=O) groups excluding carboxylic acids is 2. The maximum absolute atomic E-state index is 13.2. The van der Waals surface area contributed by atoms with Gasteiger partial charge in [0, 0.05) is 27.7 Å². The summed E-state index contributed by atoms with van der Waals surface area (Å²) in [6.45, 7) is 0.0439. The Labute approximate surface area is 257 Å². The number of hydrogen-bond donors (Lipinski definition) is 2. The topological polar surface area (TPSA) is 111 Å². The number of H-pyrrole nitrogens is 1. The SMILES string of the molecule is O=C(COc1ccc(Cl)c(Cn2nnc3cc(C(=O)NC4CCCc5ccccc54)ccc32)c1)Oc1cccc2[nH]ccc12. The van der Waals surface area contributed by atoms with Crippen molar-refractivity contribution in [3.8, 4) is 11.5 Å². The molecule has 6 aromatic rings. The van der Waals surface area contributed by atoms with E-state index in [1.165, 1.54) is 11.1 Å². The number of nitrogens with one attached hydrogen (secondary N) is 2. The molecule has 0 saturated heterocycles. The highest BCUT2D eigenvalue weighted by Crippen LogP contribution is 2.30. The van der Waals surface area contributed by atoms with E-state index in [1.54, 1.807) is 47.3 Å². The van der Waals surface area contributed by atoms with Gasteiger partial charge in [0.15, 0.2) is 6.61 Å². The fraction of sp³-hybridized carbons (Fsp3) is 0.176. The van der Waals surface area contributed by atoms with E-state index in [2.05, 4.69) is 32.7 Å². The van der Waals surface area contributed by atoms with Crippen molar-refractivity contribution in [2.24, 2.45) is 0 Å². The first-order valence-corrected chi connectivity index (χ1v) is 14.8. The van der Waals surface area contributed by atoms with Gasteiger partial charge in [-0.05, 0) is 90.6 Å². The van der Waals surface area contributed by atoms with Crippen LogP contribution in [0.3, 0.4) is 0 Å². The lowest BCUT2D eigenvalue weighted by molar-refractivity contribution is -0.136. The highest BCUT2D eigenvalue weighted by atomic mass is 35.5. The van der Waals surface area contributed by atoms with Crippen molar-refractivity contribution in [3.05, 3.63) is 118 Å². The Morgan fingerprint density at radius 2 is 1.93 bits per heavy atom. The quantitative estimate of drug-likeness (QED) is 0.153. The molecule has 1 unspecified atom stereocenters. The molecule has 1 atom stereocenters. The summed E-state index contributed by atoms with van der Waals surface area (Å²) in [4.78, 5) is 28.8. The third-order valence-electron chi connectivity index (χ3n) is 7.92.